The van der Waals surface area contributed by atoms with Crippen molar-refractivity contribution in [3.05, 3.63) is 26.6 Å². The third-order valence-electron chi connectivity index (χ3n) is 1.80. The van der Waals surface area contributed by atoms with Crippen molar-refractivity contribution >= 4 is 34.4 Å². The van der Waals surface area contributed by atoms with Gasteiger partial charge in [0, 0.05) is 5.69 Å². The largest absolute Gasteiger partial charge is 0.288 e. The number of aryl methyl sites for hydroxylation is 1. The number of nitrogens with zero attached hydrogens (tertiary/aromatic N) is 1. The van der Waals surface area contributed by atoms with Gasteiger partial charge < -0.3 is 0 Å². The van der Waals surface area contributed by atoms with Crippen molar-refractivity contribution in [1.82, 2.24) is 10.3 Å². The number of hydrogen-bond donors (Lipinski definition) is 1. The molecule has 1 aliphatic heterocycles. The summed E-state index contributed by atoms with van der Waals surface area (Å²) in [6.07, 6.45) is 0. The molecule has 66 valence electrons. The number of hydrogen-bond acceptors (Lipinski definition) is 3. The zero-order valence-electron chi connectivity index (χ0n) is 6.72. The molecule has 0 atom stereocenters. The van der Waals surface area contributed by atoms with Crippen LogP contribution in [0.15, 0.2) is 6.07 Å². The first kappa shape index (κ1) is 8.61. The van der Waals surface area contributed by atoms with Crippen LogP contribution < -0.4 is 5.32 Å². The summed E-state index contributed by atoms with van der Waals surface area (Å²) in [5.41, 5.74) is 1.58. The Morgan fingerprint density at radius 2 is 2.08 bits per heavy atom. The Morgan fingerprint density at radius 3 is 2.77 bits per heavy atom. The molecular formula is C8H5IN2O2. The van der Waals surface area contributed by atoms with Crippen molar-refractivity contribution in [2.24, 2.45) is 0 Å². The number of aromatic nitrogens is 1. The molecule has 13 heavy (non-hydrogen) atoms. The third kappa shape index (κ3) is 1.23. The van der Waals surface area contributed by atoms with Crippen LogP contribution in [0.4, 0.5) is 0 Å². The van der Waals surface area contributed by atoms with Crippen molar-refractivity contribution in [2.45, 2.75) is 6.92 Å². The third-order valence-corrected chi connectivity index (χ3v) is 2.58. The minimum Gasteiger partial charge on any atom is -0.288 e. The Morgan fingerprint density at radius 1 is 1.38 bits per heavy atom. The molecule has 0 spiro atoms. The minimum atomic E-state index is -0.350. The number of imide groups is 1. The van der Waals surface area contributed by atoms with E-state index in [1.165, 1.54) is 0 Å². The van der Waals surface area contributed by atoms with E-state index in [1.807, 2.05) is 22.6 Å². The fourth-order valence-corrected chi connectivity index (χ4v) is 2.18. The Bertz CT molecular complexity index is 428. The van der Waals surface area contributed by atoms with E-state index in [0.717, 1.165) is 5.69 Å². The second kappa shape index (κ2) is 2.76. The molecule has 0 bridgehead atoms. The number of amides is 2. The van der Waals surface area contributed by atoms with Gasteiger partial charge in [0.1, 0.15) is 3.70 Å². The van der Waals surface area contributed by atoms with Crippen LogP contribution in [0.25, 0.3) is 0 Å². The molecule has 1 aromatic heterocycles. The Balaban J connectivity index is 2.77. The molecule has 2 amide bonds. The molecular weight excluding hydrogens is 283 g/mol. The fourth-order valence-electron chi connectivity index (χ4n) is 1.26. The van der Waals surface area contributed by atoms with E-state index in [1.54, 1.807) is 13.0 Å². The highest BCUT2D eigenvalue weighted by Gasteiger charge is 2.29. The predicted octanol–water partition coefficient (Wildman–Crippen LogP) is 0.878. The van der Waals surface area contributed by atoms with Gasteiger partial charge in [-0.2, -0.15) is 0 Å². The predicted molar refractivity (Wildman–Crippen MR) is 53.5 cm³/mol. The lowest BCUT2D eigenvalue weighted by atomic mass is 10.1. The van der Waals surface area contributed by atoms with Crippen LogP contribution >= 0.6 is 22.6 Å². The smallest absolute Gasteiger partial charge is 0.261 e. The molecule has 1 aliphatic rings. The monoisotopic (exact) mass is 288 g/mol. The lowest BCUT2D eigenvalue weighted by Gasteiger charge is -1.98. The van der Waals surface area contributed by atoms with Gasteiger partial charge in [0.05, 0.1) is 11.1 Å². The maximum absolute atomic E-state index is 11.2. The molecule has 0 fully saturated rings. The molecule has 0 radical (unpaired) electrons. The molecule has 0 saturated carbocycles. The Kier molecular flexibility index (Phi) is 1.83. The van der Waals surface area contributed by atoms with Gasteiger partial charge in [0.15, 0.2) is 0 Å². The summed E-state index contributed by atoms with van der Waals surface area (Å²) in [6, 6.07) is 1.62. The van der Waals surface area contributed by atoms with Gasteiger partial charge >= 0.3 is 0 Å². The first-order valence-corrected chi connectivity index (χ1v) is 4.70. The lowest BCUT2D eigenvalue weighted by molar-refractivity contribution is 0.0879. The maximum Gasteiger partial charge on any atom is 0.261 e. The van der Waals surface area contributed by atoms with Crippen molar-refractivity contribution < 1.29 is 9.59 Å². The standard InChI is InChI=1S/C8H5IN2O2/c1-3-2-4-5(6(9)10-3)8(13)11-7(4)12/h2H,1H3,(H,11,12,13). The number of nitrogens with one attached hydrogen (secondary N) is 1. The summed E-state index contributed by atoms with van der Waals surface area (Å²) in [5.74, 6) is -0.680. The number of carbonyl (C=O) groups excluding carboxylic acids is 2. The van der Waals surface area contributed by atoms with Gasteiger partial charge in [0.25, 0.3) is 11.8 Å². The van der Waals surface area contributed by atoms with Crippen LogP contribution in [0.5, 0.6) is 0 Å². The van der Waals surface area contributed by atoms with Crippen molar-refractivity contribution in [3.8, 4) is 0 Å². The average Bonchev–Trinajstić information content (AvgIpc) is 2.27. The van der Waals surface area contributed by atoms with Crippen molar-refractivity contribution in [2.75, 3.05) is 0 Å². The molecule has 2 rings (SSSR count). The van der Waals surface area contributed by atoms with E-state index < -0.39 is 0 Å². The van der Waals surface area contributed by atoms with Gasteiger partial charge in [-0.1, -0.05) is 0 Å². The van der Waals surface area contributed by atoms with E-state index in [2.05, 4.69) is 10.3 Å². The minimum absolute atomic E-state index is 0.330. The van der Waals surface area contributed by atoms with E-state index in [9.17, 15) is 9.59 Å². The van der Waals surface area contributed by atoms with E-state index in [0.29, 0.717) is 14.8 Å². The molecule has 5 heteroatoms. The first-order chi connectivity index (χ1) is 6.09. The van der Waals surface area contributed by atoms with Crippen LogP contribution in [-0.2, 0) is 0 Å². The fraction of sp³-hybridized carbons (Fsp3) is 0.125. The van der Waals surface area contributed by atoms with E-state index in [4.69, 9.17) is 0 Å². The normalized spacial score (nSPS) is 14.3. The second-order valence-corrected chi connectivity index (χ2v) is 3.78. The SMILES string of the molecule is Cc1cc2c(c(I)n1)C(=O)NC2=O. The topological polar surface area (TPSA) is 59.1 Å². The van der Waals surface area contributed by atoms with Crippen molar-refractivity contribution in [3.63, 3.8) is 0 Å². The van der Waals surface area contributed by atoms with Gasteiger partial charge in [-0.25, -0.2) is 4.98 Å². The zero-order valence-corrected chi connectivity index (χ0v) is 8.88. The van der Waals surface area contributed by atoms with Gasteiger partial charge in [-0.15, -0.1) is 0 Å². The highest BCUT2D eigenvalue weighted by molar-refractivity contribution is 14.1. The maximum atomic E-state index is 11.2. The van der Waals surface area contributed by atoms with Crippen molar-refractivity contribution in [1.29, 1.82) is 0 Å². The molecule has 0 aromatic carbocycles. The summed E-state index contributed by atoms with van der Waals surface area (Å²) >= 11 is 1.95. The van der Waals surface area contributed by atoms with Gasteiger partial charge in [0.2, 0.25) is 0 Å². The number of pyridine rings is 1. The molecule has 4 nitrogen and oxygen atoms in total. The highest BCUT2D eigenvalue weighted by Crippen LogP contribution is 2.20. The number of halogens is 1. The second-order valence-electron chi connectivity index (χ2n) is 2.76. The first-order valence-electron chi connectivity index (χ1n) is 3.62. The van der Waals surface area contributed by atoms with Crippen LogP contribution in [-0.4, -0.2) is 16.8 Å². The lowest BCUT2D eigenvalue weighted by Crippen LogP contribution is -2.20. The average molecular weight is 288 g/mol. The summed E-state index contributed by atoms with van der Waals surface area (Å²) < 4.78 is 0.580. The molecule has 1 aromatic rings. The Labute approximate surface area is 87.9 Å². The van der Waals surface area contributed by atoms with Crippen LogP contribution in [0.1, 0.15) is 26.4 Å². The molecule has 0 saturated heterocycles. The van der Waals surface area contributed by atoms with Crippen LogP contribution in [0.3, 0.4) is 0 Å². The van der Waals surface area contributed by atoms with Crippen LogP contribution in [0.2, 0.25) is 0 Å². The number of fused-ring (bicyclic) bond motifs is 1. The van der Waals surface area contributed by atoms with E-state index in [-0.39, 0.29) is 11.8 Å². The Hall–Kier alpha value is -0.980. The molecule has 0 aliphatic carbocycles. The number of rotatable bonds is 0. The summed E-state index contributed by atoms with van der Waals surface area (Å²) in [4.78, 5) is 26.6. The van der Waals surface area contributed by atoms with Gasteiger partial charge in [-0.05, 0) is 35.6 Å². The van der Waals surface area contributed by atoms with Crippen LogP contribution in [0, 0.1) is 10.6 Å². The molecule has 1 N–H and O–H groups in total. The summed E-state index contributed by atoms with van der Waals surface area (Å²) in [7, 11) is 0. The number of carbonyl (C=O) groups is 2. The summed E-state index contributed by atoms with van der Waals surface area (Å²) in [6.45, 7) is 1.79. The molecule has 2 heterocycles. The highest BCUT2D eigenvalue weighted by atomic mass is 127. The summed E-state index contributed by atoms with van der Waals surface area (Å²) in [5, 5.41) is 2.23. The molecule has 0 unspecified atom stereocenters. The van der Waals surface area contributed by atoms with E-state index >= 15 is 0 Å². The quantitative estimate of drug-likeness (QED) is 0.438. The van der Waals surface area contributed by atoms with Gasteiger partial charge in [-0.3, -0.25) is 14.9 Å². The zero-order chi connectivity index (χ0) is 9.59.